The van der Waals surface area contributed by atoms with Gasteiger partial charge in [0.05, 0.1) is 11.1 Å². The van der Waals surface area contributed by atoms with Gasteiger partial charge in [-0.1, -0.05) is 18.2 Å². The highest BCUT2D eigenvalue weighted by Crippen LogP contribution is 2.26. The Morgan fingerprint density at radius 2 is 1.90 bits per heavy atom. The fourth-order valence-corrected chi connectivity index (χ4v) is 1.94. The summed E-state index contributed by atoms with van der Waals surface area (Å²) >= 11 is 0. The van der Waals surface area contributed by atoms with Gasteiger partial charge >= 0.3 is 0 Å². The first-order valence-electron chi connectivity index (χ1n) is 6.09. The fourth-order valence-electron chi connectivity index (χ4n) is 1.94. The summed E-state index contributed by atoms with van der Waals surface area (Å²) in [5.74, 6) is 0.898. The molecule has 0 aliphatic carbocycles. The minimum absolute atomic E-state index is 0.389. The van der Waals surface area contributed by atoms with E-state index in [0.717, 1.165) is 10.9 Å². The Bertz CT molecular complexity index is 821. The van der Waals surface area contributed by atoms with Crippen LogP contribution in [0.3, 0.4) is 0 Å². The number of nitriles is 1. The van der Waals surface area contributed by atoms with Crippen molar-refractivity contribution in [1.29, 1.82) is 5.26 Å². The van der Waals surface area contributed by atoms with Crippen LogP contribution in [-0.4, -0.2) is 4.98 Å². The Kier molecular flexibility index (Phi) is 2.94. The zero-order valence-electron chi connectivity index (χ0n) is 10.6. The molecule has 3 aromatic rings. The predicted molar refractivity (Wildman–Crippen MR) is 77.4 cm³/mol. The Balaban J connectivity index is 1.99. The number of ether oxygens (including phenoxy) is 1. The van der Waals surface area contributed by atoms with Crippen LogP contribution in [0, 0.1) is 11.3 Å². The summed E-state index contributed by atoms with van der Waals surface area (Å²) in [7, 11) is 0. The van der Waals surface area contributed by atoms with Crippen molar-refractivity contribution in [1.82, 2.24) is 4.98 Å². The molecule has 0 aliphatic heterocycles. The molecule has 0 saturated heterocycles. The van der Waals surface area contributed by atoms with Gasteiger partial charge in [-0.3, -0.25) is 0 Å². The molecule has 4 nitrogen and oxygen atoms in total. The average molecular weight is 261 g/mol. The van der Waals surface area contributed by atoms with Gasteiger partial charge < -0.3 is 10.5 Å². The Hall–Kier alpha value is -3.06. The Morgan fingerprint density at radius 1 is 1.05 bits per heavy atom. The van der Waals surface area contributed by atoms with Crippen molar-refractivity contribution in [3.8, 4) is 17.7 Å². The average Bonchev–Trinajstić information content (AvgIpc) is 2.49. The summed E-state index contributed by atoms with van der Waals surface area (Å²) in [5, 5.41) is 10.1. The number of nitrogen functional groups attached to an aromatic ring is 1. The van der Waals surface area contributed by atoms with Crippen LogP contribution in [0.5, 0.6) is 11.6 Å². The van der Waals surface area contributed by atoms with Gasteiger partial charge in [-0.2, -0.15) is 5.26 Å². The molecule has 20 heavy (non-hydrogen) atoms. The number of anilines is 1. The first kappa shape index (κ1) is 12.0. The number of para-hydroxylation sites is 1. The SMILES string of the molecule is N#Cc1cc(N)ccc1Oc1ccc2ccccc2n1. The lowest BCUT2D eigenvalue weighted by molar-refractivity contribution is 0.464. The lowest BCUT2D eigenvalue weighted by Crippen LogP contribution is -1.93. The van der Waals surface area contributed by atoms with Crippen molar-refractivity contribution < 1.29 is 4.74 Å². The smallest absolute Gasteiger partial charge is 0.219 e. The first-order chi connectivity index (χ1) is 9.76. The quantitative estimate of drug-likeness (QED) is 0.717. The van der Waals surface area contributed by atoms with Crippen LogP contribution >= 0.6 is 0 Å². The fraction of sp³-hybridized carbons (Fsp3) is 0. The van der Waals surface area contributed by atoms with Crippen LogP contribution in [0.1, 0.15) is 5.56 Å². The van der Waals surface area contributed by atoms with Gasteiger partial charge in [0.25, 0.3) is 0 Å². The maximum absolute atomic E-state index is 9.09. The molecule has 0 unspecified atom stereocenters. The lowest BCUT2D eigenvalue weighted by Gasteiger charge is -2.07. The van der Waals surface area contributed by atoms with Crippen molar-refractivity contribution in [3.05, 3.63) is 60.2 Å². The van der Waals surface area contributed by atoms with Gasteiger partial charge in [-0.25, -0.2) is 4.98 Å². The van der Waals surface area contributed by atoms with E-state index < -0.39 is 0 Å². The van der Waals surface area contributed by atoms with E-state index in [1.54, 1.807) is 24.3 Å². The molecule has 0 radical (unpaired) electrons. The molecule has 0 spiro atoms. The molecular weight excluding hydrogens is 250 g/mol. The highest BCUT2D eigenvalue weighted by molar-refractivity contribution is 5.78. The van der Waals surface area contributed by atoms with E-state index in [4.69, 9.17) is 15.7 Å². The second-order valence-electron chi connectivity index (χ2n) is 4.31. The summed E-state index contributed by atoms with van der Waals surface area (Å²) in [6.45, 7) is 0. The van der Waals surface area contributed by atoms with Crippen LogP contribution in [0.2, 0.25) is 0 Å². The maximum atomic E-state index is 9.09. The third-order valence-electron chi connectivity index (χ3n) is 2.91. The van der Waals surface area contributed by atoms with Crippen LogP contribution in [0.15, 0.2) is 54.6 Å². The van der Waals surface area contributed by atoms with Gasteiger partial charge in [-0.05, 0) is 30.3 Å². The molecule has 0 atom stereocenters. The lowest BCUT2D eigenvalue weighted by atomic mass is 10.2. The molecule has 2 N–H and O–H groups in total. The van der Waals surface area contributed by atoms with E-state index >= 15 is 0 Å². The normalized spacial score (nSPS) is 10.2. The van der Waals surface area contributed by atoms with Crippen LogP contribution < -0.4 is 10.5 Å². The summed E-state index contributed by atoms with van der Waals surface area (Å²) in [4.78, 5) is 4.41. The number of benzene rings is 2. The van der Waals surface area contributed by atoms with Crippen LogP contribution in [0.4, 0.5) is 5.69 Å². The van der Waals surface area contributed by atoms with Gasteiger partial charge in [0, 0.05) is 17.1 Å². The van der Waals surface area contributed by atoms with E-state index in [1.807, 2.05) is 30.3 Å². The van der Waals surface area contributed by atoms with E-state index in [9.17, 15) is 0 Å². The van der Waals surface area contributed by atoms with E-state index in [1.165, 1.54) is 0 Å². The van der Waals surface area contributed by atoms with Crippen molar-refractivity contribution in [2.24, 2.45) is 0 Å². The Morgan fingerprint density at radius 3 is 2.75 bits per heavy atom. The number of aromatic nitrogens is 1. The van der Waals surface area contributed by atoms with Gasteiger partial charge in [0.15, 0.2) is 0 Å². The number of rotatable bonds is 2. The summed E-state index contributed by atoms with van der Waals surface area (Å²) in [6.07, 6.45) is 0. The largest absolute Gasteiger partial charge is 0.438 e. The molecule has 4 heteroatoms. The summed E-state index contributed by atoms with van der Waals surface area (Å²) in [6, 6.07) is 18.5. The monoisotopic (exact) mass is 261 g/mol. The van der Waals surface area contributed by atoms with Crippen molar-refractivity contribution >= 4 is 16.6 Å². The topological polar surface area (TPSA) is 71.9 Å². The van der Waals surface area contributed by atoms with Gasteiger partial charge in [0.1, 0.15) is 11.8 Å². The number of hydrogen-bond acceptors (Lipinski definition) is 4. The molecule has 0 aliphatic rings. The van der Waals surface area contributed by atoms with Crippen LogP contribution in [0.25, 0.3) is 10.9 Å². The van der Waals surface area contributed by atoms with E-state index in [2.05, 4.69) is 11.1 Å². The zero-order chi connectivity index (χ0) is 13.9. The van der Waals surface area contributed by atoms with Crippen molar-refractivity contribution in [2.75, 3.05) is 5.73 Å². The van der Waals surface area contributed by atoms with Crippen molar-refractivity contribution in [2.45, 2.75) is 0 Å². The predicted octanol–water partition coefficient (Wildman–Crippen LogP) is 3.48. The van der Waals surface area contributed by atoms with E-state index in [-0.39, 0.29) is 0 Å². The molecule has 0 bridgehead atoms. The first-order valence-corrected chi connectivity index (χ1v) is 6.09. The molecule has 2 aromatic carbocycles. The highest BCUT2D eigenvalue weighted by Gasteiger charge is 2.06. The third-order valence-corrected chi connectivity index (χ3v) is 2.91. The molecule has 1 aromatic heterocycles. The minimum Gasteiger partial charge on any atom is -0.438 e. The summed E-state index contributed by atoms with van der Waals surface area (Å²) in [5.41, 5.74) is 7.41. The molecule has 0 fully saturated rings. The van der Waals surface area contributed by atoms with Gasteiger partial charge in [0.2, 0.25) is 5.88 Å². The second kappa shape index (κ2) is 4.90. The Labute approximate surface area is 116 Å². The number of nitrogens with two attached hydrogens (primary N) is 1. The molecule has 0 amide bonds. The molecule has 1 heterocycles. The van der Waals surface area contributed by atoms with E-state index in [0.29, 0.717) is 22.9 Å². The third kappa shape index (κ3) is 2.25. The standard InChI is InChI=1S/C16H11N3O/c17-10-12-9-13(18)6-7-15(12)20-16-8-5-11-3-1-2-4-14(11)19-16/h1-9H,18H2. The minimum atomic E-state index is 0.389. The second-order valence-corrected chi connectivity index (χ2v) is 4.31. The zero-order valence-corrected chi connectivity index (χ0v) is 10.6. The maximum Gasteiger partial charge on any atom is 0.219 e. The number of hydrogen-bond donors (Lipinski definition) is 1. The molecule has 96 valence electrons. The summed E-state index contributed by atoms with van der Waals surface area (Å²) < 4.78 is 5.67. The molecule has 3 rings (SSSR count). The highest BCUT2D eigenvalue weighted by atomic mass is 16.5. The van der Waals surface area contributed by atoms with Crippen molar-refractivity contribution in [3.63, 3.8) is 0 Å². The van der Waals surface area contributed by atoms with Gasteiger partial charge in [-0.15, -0.1) is 0 Å². The molecule has 0 saturated carbocycles. The number of fused-ring (bicyclic) bond motifs is 1. The number of pyridine rings is 1. The number of nitrogens with zero attached hydrogens (tertiary/aromatic N) is 2. The van der Waals surface area contributed by atoms with Crippen LogP contribution in [-0.2, 0) is 0 Å². The molecular formula is C16H11N3O.